The molecule has 9 heteroatoms. The standard InChI is InChI=1S/C24H27N5O3S/c1-4-32-23(31)21(14-17-8-6-5-7-9-17)26-22(30)15-19-16-33-24(25-19)28-27-18-10-12-20(13-11-18)29(2)3/h5-13,16,21H,4,14-15H2,1-3H3,(H,26,30). The van der Waals surface area contributed by atoms with E-state index in [1.54, 1.807) is 12.3 Å². The zero-order valence-electron chi connectivity index (χ0n) is 18.9. The number of nitrogens with zero attached hydrogens (tertiary/aromatic N) is 4. The predicted octanol–water partition coefficient (Wildman–Crippen LogP) is 4.46. The van der Waals surface area contributed by atoms with Crippen molar-refractivity contribution in [2.75, 3.05) is 25.6 Å². The fraction of sp³-hybridized carbons (Fsp3) is 0.292. The van der Waals surface area contributed by atoms with Crippen LogP contribution in [-0.4, -0.2) is 43.6 Å². The molecular weight excluding hydrogens is 438 g/mol. The molecule has 1 aromatic heterocycles. The van der Waals surface area contributed by atoms with Crippen molar-refractivity contribution in [3.63, 3.8) is 0 Å². The summed E-state index contributed by atoms with van der Waals surface area (Å²) in [6.45, 7) is 1.99. The number of esters is 1. The molecule has 1 amide bonds. The van der Waals surface area contributed by atoms with Crippen molar-refractivity contribution in [1.29, 1.82) is 0 Å². The minimum atomic E-state index is -0.761. The summed E-state index contributed by atoms with van der Waals surface area (Å²) in [7, 11) is 3.95. The Hall–Kier alpha value is -3.59. The lowest BCUT2D eigenvalue weighted by atomic mass is 10.1. The van der Waals surface area contributed by atoms with Crippen LogP contribution in [0.5, 0.6) is 0 Å². The number of hydrogen-bond donors (Lipinski definition) is 1. The van der Waals surface area contributed by atoms with Crippen LogP contribution in [0.25, 0.3) is 0 Å². The maximum atomic E-state index is 12.6. The van der Waals surface area contributed by atoms with Gasteiger partial charge in [-0.25, -0.2) is 9.78 Å². The number of nitrogens with one attached hydrogen (secondary N) is 1. The predicted molar refractivity (Wildman–Crippen MR) is 129 cm³/mol. The Morgan fingerprint density at radius 2 is 1.82 bits per heavy atom. The molecule has 1 heterocycles. The third-order valence-electron chi connectivity index (χ3n) is 4.69. The van der Waals surface area contributed by atoms with Crippen LogP contribution in [0.2, 0.25) is 0 Å². The number of aromatic nitrogens is 1. The van der Waals surface area contributed by atoms with Gasteiger partial charge in [0.1, 0.15) is 6.04 Å². The lowest BCUT2D eigenvalue weighted by molar-refractivity contribution is -0.147. The fourth-order valence-electron chi connectivity index (χ4n) is 3.04. The average molecular weight is 466 g/mol. The van der Waals surface area contributed by atoms with E-state index in [1.807, 2.05) is 73.6 Å². The topological polar surface area (TPSA) is 96.2 Å². The van der Waals surface area contributed by atoms with Gasteiger partial charge in [0.25, 0.3) is 0 Å². The Bertz CT molecular complexity index is 1080. The molecular formula is C24H27N5O3S. The summed E-state index contributed by atoms with van der Waals surface area (Å²) >= 11 is 1.30. The number of anilines is 1. The first-order valence-corrected chi connectivity index (χ1v) is 11.5. The van der Waals surface area contributed by atoms with Gasteiger partial charge in [0.2, 0.25) is 11.0 Å². The SMILES string of the molecule is CCOC(=O)C(Cc1ccccc1)NC(=O)Cc1csc(N=Nc2ccc(N(C)C)cc2)n1. The molecule has 3 aromatic rings. The Kier molecular flexibility index (Phi) is 8.65. The number of ether oxygens (including phenoxy) is 1. The van der Waals surface area contributed by atoms with E-state index in [2.05, 4.69) is 20.5 Å². The lowest BCUT2D eigenvalue weighted by Gasteiger charge is -2.17. The molecule has 0 aliphatic heterocycles. The highest BCUT2D eigenvalue weighted by Crippen LogP contribution is 2.24. The molecule has 1 atom stereocenters. The summed E-state index contributed by atoms with van der Waals surface area (Å²) in [5.41, 5.74) is 3.29. The molecule has 2 aromatic carbocycles. The van der Waals surface area contributed by atoms with Gasteiger partial charge in [0.05, 0.1) is 24.4 Å². The molecule has 0 bridgehead atoms. The van der Waals surface area contributed by atoms with Crippen LogP contribution in [0.15, 0.2) is 70.2 Å². The monoisotopic (exact) mass is 465 g/mol. The van der Waals surface area contributed by atoms with Gasteiger partial charge in [0, 0.05) is 31.6 Å². The molecule has 8 nitrogen and oxygen atoms in total. The van der Waals surface area contributed by atoms with Crippen LogP contribution >= 0.6 is 11.3 Å². The van der Waals surface area contributed by atoms with Crippen LogP contribution in [0, 0.1) is 0 Å². The van der Waals surface area contributed by atoms with Gasteiger partial charge in [-0.1, -0.05) is 30.3 Å². The summed E-state index contributed by atoms with van der Waals surface area (Å²) in [6, 6.07) is 16.4. The summed E-state index contributed by atoms with van der Waals surface area (Å²) in [4.78, 5) is 31.3. The normalized spacial score (nSPS) is 11.8. The van der Waals surface area contributed by atoms with Crippen LogP contribution in [0.3, 0.4) is 0 Å². The number of carbonyl (C=O) groups excluding carboxylic acids is 2. The molecule has 0 saturated heterocycles. The highest BCUT2D eigenvalue weighted by Gasteiger charge is 2.23. The number of carbonyl (C=O) groups is 2. The molecule has 0 fully saturated rings. The highest BCUT2D eigenvalue weighted by molar-refractivity contribution is 7.13. The van der Waals surface area contributed by atoms with Crippen molar-refractivity contribution >= 4 is 39.7 Å². The summed E-state index contributed by atoms with van der Waals surface area (Å²) in [5, 5.41) is 13.4. The first-order chi connectivity index (χ1) is 15.9. The van der Waals surface area contributed by atoms with Gasteiger partial charge < -0.3 is 15.0 Å². The van der Waals surface area contributed by atoms with Crippen molar-refractivity contribution in [2.45, 2.75) is 25.8 Å². The number of benzene rings is 2. The Balaban J connectivity index is 1.59. The molecule has 172 valence electrons. The molecule has 0 spiro atoms. The van der Waals surface area contributed by atoms with Crippen LogP contribution in [-0.2, 0) is 27.2 Å². The van der Waals surface area contributed by atoms with Gasteiger partial charge in [-0.15, -0.1) is 21.6 Å². The van der Waals surface area contributed by atoms with Crippen LogP contribution in [0.4, 0.5) is 16.5 Å². The van der Waals surface area contributed by atoms with E-state index in [0.717, 1.165) is 11.3 Å². The second kappa shape index (κ2) is 11.9. The van der Waals surface area contributed by atoms with Crippen LogP contribution in [0.1, 0.15) is 18.2 Å². The van der Waals surface area contributed by atoms with E-state index in [9.17, 15) is 9.59 Å². The van der Waals surface area contributed by atoms with Gasteiger partial charge >= 0.3 is 5.97 Å². The van der Waals surface area contributed by atoms with E-state index in [1.165, 1.54) is 11.3 Å². The maximum Gasteiger partial charge on any atom is 0.328 e. The average Bonchev–Trinajstić information content (AvgIpc) is 3.25. The molecule has 0 aliphatic carbocycles. The first-order valence-electron chi connectivity index (χ1n) is 10.6. The zero-order chi connectivity index (χ0) is 23.6. The first kappa shape index (κ1) is 24.1. The smallest absolute Gasteiger partial charge is 0.328 e. The summed E-state index contributed by atoms with van der Waals surface area (Å²) < 4.78 is 5.13. The van der Waals surface area contributed by atoms with Crippen LogP contribution < -0.4 is 10.2 Å². The quantitative estimate of drug-likeness (QED) is 0.352. The molecule has 1 N–H and O–H groups in total. The third-order valence-corrected chi connectivity index (χ3v) is 5.46. The Morgan fingerprint density at radius 3 is 2.48 bits per heavy atom. The second-order valence-electron chi connectivity index (χ2n) is 7.47. The fourth-order valence-corrected chi connectivity index (χ4v) is 3.67. The van der Waals surface area contributed by atoms with Gasteiger partial charge in [-0.2, -0.15) is 0 Å². The molecule has 0 radical (unpaired) electrons. The van der Waals surface area contributed by atoms with E-state index in [0.29, 0.717) is 22.9 Å². The van der Waals surface area contributed by atoms with Gasteiger partial charge in [-0.3, -0.25) is 4.79 Å². The number of thiazole rings is 1. The number of rotatable bonds is 10. The zero-order valence-corrected chi connectivity index (χ0v) is 19.7. The molecule has 1 unspecified atom stereocenters. The molecule has 3 rings (SSSR count). The Labute approximate surface area is 197 Å². The molecule has 0 aliphatic rings. The molecule has 0 saturated carbocycles. The lowest BCUT2D eigenvalue weighted by Crippen LogP contribution is -2.44. The van der Waals surface area contributed by atoms with Gasteiger partial charge in [-0.05, 0) is 36.8 Å². The van der Waals surface area contributed by atoms with Crippen molar-refractivity contribution in [3.05, 3.63) is 71.2 Å². The van der Waals surface area contributed by atoms with Crippen molar-refractivity contribution < 1.29 is 14.3 Å². The van der Waals surface area contributed by atoms with E-state index >= 15 is 0 Å². The summed E-state index contributed by atoms with van der Waals surface area (Å²) in [6.07, 6.45) is 0.392. The highest BCUT2D eigenvalue weighted by atomic mass is 32.1. The van der Waals surface area contributed by atoms with E-state index in [4.69, 9.17) is 4.74 Å². The Morgan fingerprint density at radius 1 is 1.09 bits per heavy atom. The number of amides is 1. The third kappa shape index (κ3) is 7.50. The second-order valence-corrected chi connectivity index (χ2v) is 8.31. The summed E-state index contributed by atoms with van der Waals surface area (Å²) in [5.74, 6) is -0.764. The van der Waals surface area contributed by atoms with Crippen molar-refractivity contribution in [3.8, 4) is 0 Å². The number of hydrogen-bond acceptors (Lipinski definition) is 8. The minimum absolute atomic E-state index is 0.0360. The minimum Gasteiger partial charge on any atom is -0.464 e. The number of azo groups is 1. The maximum absolute atomic E-state index is 12.6. The van der Waals surface area contributed by atoms with E-state index in [-0.39, 0.29) is 18.9 Å². The molecule has 33 heavy (non-hydrogen) atoms. The van der Waals surface area contributed by atoms with Crippen molar-refractivity contribution in [2.24, 2.45) is 10.2 Å². The van der Waals surface area contributed by atoms with Crippen molar-refractivity contribution in [1.82, 2.24) is 10.3 Å². The largest absolute Gasteiger partial charge is 0.464 e. The van der Waals surface area contributed by atoms with Gasteiger partial charge in [0.15, 0.2) is 0 Å². The van der Waals surface area contributed by atoms with E-state index < -0.39 is 12.0 Å².